The van der Waals surface area contributed by atoms with Crippen molar-refractivity contribution in [2.24, 2.45) is 0 Å². The van der Waals surface area contributed by atoms with Gasteiger partial charge in [0.2, 0.25) is 0 Å². The first-order valence-corrected chi connectivity index (χ1v) is 4.11. The van der Waals surface area contributed by atoms with E-state index >= 15 is 0 Å². The Hall–Kier alpha value is -0.790. The second-order valence-electron chi connectivity index (χ2n) is 2.80. The van der Waals surface area contributed by atoms with Crippen molar-refractivity contribution < 1.29 is 9.53 Å². The van der Waals surface area contributed by atoms with E-state index in [9.17, 15) is 4.79 Å². The molecule has 0 saturated heterocycles. The van der Waals surface area contributed by atoms with Crippen molar-refractivity contribution >= 4 is 5.97 Å². The zero-order valence-electron chi connectivity index (χ0n) is 7.14. The molecule has 1 rings (SSSR count). The molecule has 0 aromatic carbocycles. The van der Waals surface area contributed by atoms with Crippen LogP contribution < -0.4 is 0 Å². The average Bonchev–Trinajstić information content (AvgIpc) is 1.84. The predicted octanol–water partition coefficient (Wildman–Crippen LogP) is 2.05. The number of carbonyl (C=O) groups is 1. The van der Waals surface area contributed by atoms with Crippen LogP contribution in [0.2, 0.25) is 0 Å². The van der Waals surface area contributed by atoms with Crippen LogP contribution >= 0.6 is 0 Å². The van der Waals surface area contributed by atoms with Crippen molar-refractivity contribution in [2.45, 2.75) is 33.1 Å². The second kappa shape index (κ2) is 3.56. The number of carbonyl (C=O) groups excluding carboxylic acids is 1. The summed E-state index contributed by atoms with van der Waals surface area (Å²) in [5, 5.41) is 0. The van der Waals surface area contributed by atoms with Gasteiger partial charge in [0.05, 0.1) is 6.61 Å². The molecular formula is C9H14O2. The summed E-state index contributed by atoms with van der Waals surface area (Å²) in [6.45, 7) is 4.16. The minimum absolute atomic E-state index is 0.137. The summed E-state index contributed by atoms with van der Waals surface area (Å²) in [5.41, 5.74) is 2.11. The van der Waals surface area contributed by atoms with E-state index in [1.165, 1.54) is 12.0 Å². The lowest BCUT2D eigenvalue weighted by molar-refractivity contribution is -0.138. The molecule has 0 aromatic heterocycles. The van der Waals surface area contributed by atoms with Gasteiger partial charge < -0.3 is 4.74 Å². The van der Waals surface area contributed by atoms with E-state index in [0.29, 0.717) is 6.61 Å². The Morgan fingerprint density at radius 3 is 2.55 bits per heavy atom. The van der Waals surface area contributed by atoms with E-state index in [0.717, 1.165) is 18.4 Å². The molecular weight excluding hydrogens is 140 g/mol. The zero-order chi connectivity index (χ0) is 8.27. The van der Waals surface area contributed by atoms with Crippen molar-refractivity contribution in [3.63, 3.8) is 0 Å². The summed E-state index contributed by atoms with van der Waals surface area (Å²) in [4.78, 5) is 11.1. The first kappa shape index (κ1) is 8.31. The molecule has 0 radical (unpaired) electrons. The summed E-state index contributed by atoms with van der Waals surface area (Å²) in [6, 6.07) is 0. The molecule has 1 aliphatic carbocycles. The number of hydrogen-bond acceptors (Lipinski definition) is 2. The molecule has 0 N–H and O–H groups in total. The monoisotopic (exact) mass is 154 g/mol. The molecule has 1 aliphatic rings. The molecule has 62 valence electrons. The van der Waals surface area contributed by atoms with Crippen molar-refractivity contribution in [2.75, 3.05) is 6.61 Å². The van der Waals surface area contributed by atoms with Crippen LogP contribution in [0.1, 0.15) is 33.1 Å². The third-order valence-corrected chi connectivity index (χ3v) is 2.07. The summed E-state index contributed by atoms with van der Waals surface area (Å²) in [6.07, 6.45) is 3.40. The Morgan fingerprint density at radius 1 is 1.55 bits per heavy atom. The molecule has 0 spiro atoms. The first-order valence-electron chi connectivity index (χ1n) is 4.11. The fourth-order valence-corrected chi connectivity index (χ4v) is 1.11. The van der Waals surface area contributed by atoms with Gasteiger partial charge in [-0.05, 0) is 33.1 Å². The third-order valence-electron chi connectivity index (χ3n) is 2.07. The summed E-state index contributed by atoms with van der Waals surface area (Å²) < 4.78 is 4.86. The second-order valence-corrected chi connectivity index (χ2v) is 2.80. The fourth-order valence-electron chi connectivity index (χ4n) is 1.11. The molecule has 11 heavy (non-hydrogen) atoms. The van der Waals surface area contributed by atoms with Crippen LogP contribution in [0.3, 0.4) is 0 Å². The van der Waals surface area contributed by atoms with E-state index in [1.54, 1.807) is 0 Å². The largest absolute Gasteiger partial charge is 0.463 e. The Balaban J connectivity index is 2.51. The molecule has 0 unspecified atom stereocenters. The predicted molar refractivity (Wildman–Crippen MR) is 43.2 cm³/mol. The smallest absolute Gasteiger partial charge is 0.333 e. The van der Waals surface area contributed by atoms with Gasteiger partial charge in [0.1, 0.15) is 0 Å². The maximum Gasteiger partial charge on any atom is 0.333 e. The normalized spacial score (nSPS) is 15.6. The molecule has 1 saturated carbocycles. The third kappa shape index (κ3) is 1.82. The van der Waals surface area contributed by atoms with Gasteiger partial charge in [-0.3, -0.25) is 0 Å². The van der Waals surface area contributed by atoms with Crippen molar-refractivity contribution in [3.8, 4) is 0 Å². The van der Waals surface area contributed by atoms with E-state index in [1.807, 2.05) is 13.8 Å². The first-order chi connectivity index (χ1) is 5.25. The molecule has 0 atom stereocenters. The minimum atomic E-state index is -0.137. The highest BCUT2D eigenvalue weighted by molar-refractivity contribution is 5.88. The Labute approximate surface area is 67.2 Å². The highest BCUT2D eigenvalue weighted by Crippen LogP contribution is 2.28. The fraction of sp³-hybridized carbons (Fsp3) is 0.667. The highest BCUT2D eigenvalue weighted by Gasteiger charge is 2.16. The quantitative estimate of drug-likeness (QED) is 0.449. The SMILES string of the molecule is CCOC(=O)C(C)=C1CCC1. The van der Waals surface area contributed by atoms with Crippen molar-refractivity contribution in [1.82, 2.24) is 0 Å². The van der Waals surface area contributed by atoms with Crippen LogP contribution in [0.4, 0.5) is 0 Å². The van der Waals surface area contributed by atoms with Gasteiger partial charge in [-0.2, -0.15) is 0 Å². The van der Waals surface area contributed by atoms with Crippen LogP contribution in [0.5, 0.6) is 0 Å². The Morgan fingerprint density at radius 2 is 2.18 bits per heavy atom. The maximum atomic E-state index is 11.1. The highest BCUT2D eigenvalue weighted by atomic mass is 16.5. The van der Waals surface area contributed by atoms with Gasteiger partial charge in [0.25, 0.3) is 0 Å². The number of rotatable bonds is 2. The van der Waals surface area contributed by atoms with Crippen LogP contribution in [0, 0.1) is 0 Å². The van der Waals surface area contributed by atoms with Gasteiger partial charge in [-0.1, -0.05) is 5.57 Å². The van der Waals surface area contributed by atoms with Gasteiger partial charge in [0.15, 0.2) is 0 Å². The Kier molecular flexibility index (Phi) is 2.69. The molecule has 0 aromatic rings. The minimum Gasteiger partial charge on any atom is -0.463 e. The number of ether oxygens (including phenoxy) is 1. The summed E-state index contributed by atoms with van der Waals surface area (Å²) in [7, 11) is 0. The zero-order valence-corrected chi connectivity index (χ0v) is 7.14. The standard InChI is InChI=1S/C9H14O2/c1-3-11-9(10)7(2)8-5-4-6-8/h3-6H2,1-2H3. The van der Waals surface area contributed by atoms with E-state index in [4.69, 9.17) is 4.74 Å². The lowest BCUT2D eigenvalue weighted by Crippen LogP contribution is -2.11. The van der Waals surface area contributed by atoms with Gasteiger partial charge >= 0.3 is 5.97 Å². The van der Waals surface area contributed by atoms with Crippen LogP contribution in [0.25, 0.3) is 0 Å². The lowest BCUT2D eigenvalue weighted by atomic mass is 9.88. The van der Waals surface area contributed by atoms with Crippen molar-refractivity contribution in [1.29, 1.82) is 0 Å². The van der Waals surface area contributed by atoms with Gasteiger partial charge in [0, 0.05) is 5.57 Å². The van der Waals surface area contributed by atoms with Crippen molar-refractivity contribution in [3.05, 3.63) is 11.1 Å². The summed E-state index contributed by atoms with van der Waals surface area (Å²) in [5.74, 6) is -0.137. The van der Waals surface area contributed by atoms with Crippen LogP contribution in [-0.4, -0.2) is 12.6 Å². The van der Waals surface area contributed by atoms with Crippen LogP contribution in [0.15, 0.2) is 11.1 Å². The topological polar surface area (TPSA) is 26.3 Å². The molecule has 2 heteroatoms. The Bertz CT molecular complexity index is 186. The summed E-state index contributed by atoms with van der Waals surface area (Å²) >= 11 is 0. The molecule has 2 nitrogen and oxygen atoms in total. The molecule has 1 fully saturated rings. The number of hydrogen-bond donors (Lipinski definition) is 0. The maximum absolute atomic E-state index is 11.1. The average molecular weight is 154 g/mol. The van der Waals surface area contributed by atoms with Gasteiger partial charge in [-0.15, -0.1) is 0 Å². The van der Waals surface area contributed by atoms with Gasteiger partial charge in [-0.25, -0.2) is 4.79 Å². The molecule has 0 heterocycles. The van der Waals surface area contributed by atoms with E-state index in [-0.39, 0.29) is 5.97 Å². The number of allylic oxidation sites excluding steroid dienone is 1. The molecule has 0 bridgehead atoms. The molecule has 0 aliphatic heterocycles. The van der Waals surface area contributed by atoms with E-state index in [2.05, 4.69) is 0 Å². The van der Waals surface area contributed by atoms with E-state index < -0.39 is 0 Å². The number of esters is 1. The lowest BCUT2D eigenvalue weighted by Gasteiger charge is -2.18. The molecule has 0 amide bonds. The van der Waals surface area contributed by atoms with Crippen LogP contribution in [-0.2, 0) is 9.53 Å².